The number of nitrogens with one attached hydrogen (secondary N) is 1. The third-order valence-corrected chi connectivity index (χ3v) is 6.18. The van der Waals surface area contributed by atoms with Gasteiger partial charge in [0.05, 0.1) is 18.2 Å². The minimum Gasteiger partial charge on any atom is -0.376 e. The van der Waals surface area contributed by atoms with Crippen LogP contribution in [0.1, 0.15) is 32.3 Å². The van der Waals surface area contributed by atoms with Gasteiger partial charge in [-0.1, -0.05) is 19.1 Å². The standard InChI is InChI=1S/C23H30N4O4/c1-3-25-10-12-26(13-11-25)21-20(17-6-8-18(9-7-17)24-16(2)28)22(29)27(23(21)30)15-19-5-4-14-31-19/h6-9,19H,3-5,10-15H2,1-2H3,(H,24,28). The van der Waals surface area contributed by atoms with Crippen LogP contribution in [0.5, 0.6) is 0 Å². The number of ether oxygens (including phenoxy) is 1. The molecule has 0 aromatic heterocycles. The van der Waals surface area contributed by atoms with E-state index in [1.165, 1.54) is 11.8 Å². The van der Waals surface area contributed by atoms with Crippen molar-refractivity contribution in [1.82, 2.24) is 14.7 Å². The summed E-state index contributed by atoms with van der Waals surface area (Å²) < 4.78 is 5.69. The Morgan fingerprint density at radius 1 is 1.10 bits per heavy atom. The predicted octanol–water partition coefficient (Wildman–Crippen LogP) is 1.54. The smallest absolute Gasteiger partial charge is 0.277 e. The third-order valence-electron chi connectivity index (χ3n) is 6.18. The van der Waals surface area contributed by atoms with Crippen molar-refractivity contribution in [1.29, 1.82) is 0 Å². The van der Waals surface area contributed by atoms with Gasteiger partial charge in [-0.05, 0) is 37.1 Å². The van der Waals surface area contributed by atoms with Crippen molar-refractivity contribution in [3.05, 3.63) is 35.5 Å². The summed E-state index contributed by atoms with van der Waals surface area (Å²) in [5.74, 6) is -0.650. The van der Waals surface area contributed by atoms with Crippen molar-refractivity contribution in [3.8, 4) is 0 Å². The van der Waals surface area contributed by atoms with Gasteiger partial charge in [0.2, 0.25) is 5.91 Å². The fourth-order valence-corrected chi connectivity index (χ4v) is 4.49. The summed E-state index contributed by atoms with van der Waals surface area (Å²) in [6, 6.07) is 7.11. The predicted molar refractivity (Wildman–Crippen MR) is 117 cm³/mol. The lowest BCUT2D eigenvalue weighted by molar-refractivity contribution is -0.139. The molecule has 0 aliphatic carbocycles. The molecular formula is C23H30N4O4. The number of carbonyl (C=O) groups is 3. The van der Waals surface area contributed by atoms with Gasteiger partial charge in [0.15, 0.2) is 0 Å². The molecule has 1 N–H and O–H groups in total. The topological polar surface area (TPSA) is 82.2 Å². The van der Waals surface area contributed by atoms with Crippen LogP contribution in [-0.4, -0.2) is 84.4 Å². The second-order valence-corrected chi connectivity index (χ2v) is 8.26. The lowest BCUT2D eigenvalue weighted by atomic mass is 10.0. The number of nitrogens with zero attached hydrogens (tertiary/aromatic N) is 3. The van der Waals surface area contributed by atoms with Crippen LogP contribution in [0.2, 0.25) is 0 Å². The summed E-state index contributed by atoms with van der Waals surface area (Å²) in [6.07, 6.45) is 1.73. The molecule has 1 atom stereocenters. The molecule has 31 heavy (non-hydrogen) atoms. The molecule has 1 aromatic carbocycles. The van der Waals surface area contributed by atoms with Crippen molar-refractivity contribution < 1.29 is 19.1 Å². The normalized spacial score (nSPS) is 22.6. The highest BCUT2D eigenvalue weighted by Crippen LogP contribution is 2.33. The summed E-state index contributed by atoms with van der Waals surface area (Å²) in [5.41, 5.74) is 2.28. The zero-order chi connectivity index (χ0) is 22.0. The third kappa shape index (κ3) is 4.50. The molecule has 4 rings (SSSR count). The van der Waals surface area contributed by atoms with Gasteiger partial charge in [0.1, 0.15) is 5.70 Å². The quantitative estimate of drug-likeness (QED) is 0.695. The minimum atomic E-state index is -0.263. The molecule has 0 bridgehead atoms. The maximum absolute atomic E-state index is 13.4. The van der Waals surface area contributed by atoms with Crippen molar-refractivity contribution in [3.63, 3.8) is 0 Å². The largest absolute Gasteiger partial charge is 0.376 e. The molecule has 3 amide bonds. The van der Waals surface area contributed by atoms with E-state index < -0.39 is 0 Å². The van der Waals surface area contributed by atoms with Gasteiger partial charge in [0, 0.05) is 45.4 Å². The first-order valence-corrected chi connectivity index (χ1v) is 11.0. The number of rotatable bonds is 6. The fraction of sp³-hybridized carbons (Fsp3) is 0.522. The Bertz CT molecular complexity index is 881. The molecule has 1 unspecified atom stereocenters. The van der Waals surface area contributed by atoms with Crippen molar-refractivity contribution in [2.75, 3.05) is 51.2 Å². The first-order chi connectivity index (χ1) is 15.0. The zero-order valence-electron chi connectivity index (χ0n) is 18.2. The van der Waals surface area contributed by atoms with Crippen molar-refractivity contribution in [2.24, 2.45) is 0 Å². The SMILES string of the molecule is CCN1CCN(C2=C(c3ccc(NC(C)=O)cc3)C(=O)N(CC3CCCO3)C2=O)CC1. The molecular weight excluding hydrogens is 396 g/mol. The zero-order valence-corrected chi connectivity index (χ0v) is 18.2. The van der Waals surface area contributed by atoms with Crippen molar-refractivity contribution >= 4 is 29.0 Å². The first-order valence-electron chi connectivity index (χ1n) is 11.0. The molecule has 0 saturated carbocycles. The van der Waals surface area contributed by atoms with Crippen LogP contribution in [0, 0.1) is 0 Å². The van der Waals surface area contributed by atoms with E-state index in [1.807, 2.05) is 0 Å². The Morgan fingerprint density at radius 3 is 2.39 bits per heavy atom. The van der Waals surface area contributed by atoms with E-state index in [0.717, 1.165) is 32.5 Å². The molecule has 0 radical (unpaired) electrons. The molecule has 2 saturated heterocycles. The van der Waals surface area contributed by atoms with Crippen LogP contribution >= 0.6 is 0 Å². The number of likely N-dealkylation sites (N-methyl/N-ethyl adjacent to an activating group) is 1. The number of hydrogen-bond donors (Lipinski definition) is 1. The Kier molecular flexibility index (Phi) is 6.38. The fourth-order valence-electron chi connectivity index (χ4n) is 4.49. The maximum atomic E-state index is 13.4. The average Bonchev–Trinajstić information content (AvgIpc) is 3.36. The van der Waals surface area contributed by atoms with Crippen LogP contribution in [0.25, 0.3) is 5.57 Å². The highest BCUT2D eigenvalue weighted by atomic mass is 16.5. The highest BCUT2D eigenvalue weighted by molar-refractivity contribution is 6.35. The number of carbonyl (C=O) groups excluding carboxylic acids is 3. The highest BCUT2D eigenvalue weighted by Gasteiger charge is 2.43. The van der Waals surface area contributed by atoms with Crippen LogP contribution in [-0.2, 0) is 19.1 Å². The lowest BCUT2D eigenvalue weighted by Gasteiger charge is -2.36. The van der Waals surface area contributed by atoms with Crippen LogP contribution in [0.4, 0.5) is 5.69 Å². The Labute approximate surface area is 182 Å². The first kappa shape index (κ1) is 21.5. The number of benzene rings is 1. The van der Waals surface area contributed by atoms with Gasteiger partial charge in [0.25, 0.3) is 11.8 Å². The lowest BCUT2D eigenvalue weighted by Crippen LogP contribution is -2.47. The number of amides is 3. The summed E-state index contributed by atoms with van der Waals surface area (Å²) in [7, 11) is 0. The van der Waals surface area contributed by atoms with E-state index >= 15 is 0 Å². The summed E-state index contributed by atoms with van der Waals surface area (Å²) in [5, 5.41) is 2.74. The van der Waals surface area contributed by atoms with Gasteiger partial charge >= 0.3 is 0 Å². The Morgan fingerprint density at radius 2 is 1.81 bits per heavy atom. The van der Waals surface area contributed by atoms with Crippen molar-refractivity contribution in [2.45, 2.75) is 32.8 Å². The van der Waals surface area contributed by atoms with E-state index in [4.69, 9.17) is 4.74 Å². The summed E-state index contributed by atoms with van der Waals surface area (Å²) >= 11 is 0. The number of imide groups is 1. The molecule has 8 nitrogen and oxygen atoms in total. The number of hydrogen-bond acceptors (Lipinski definition) is 6. The second kappa shape index (κ2) is 9.20. The second-order valence-electron chi connectivity index (χ2n) is 8.26. The molecule has 166 valence electrons. The minimum absolute atomic E-state index is 0.0902. The van der Waals surface area contributed by atoms with Gasteiger partial charge in [-0.25, -0.2) is 0 Å². The van der Waals surface area contributed by atoms with Gasteiger partial charge in [-0.15, -0.1) is 0 Å². The number of piperazine rings is 1. The Balaban J connectivity index is 1.65. The van der Waals surface area contributed by atoms with E-state index in [0.29, 0.717) is 48.8 Å². The van der Waals surface area contributed by atoms with Crippen LogP contribution in [0.15, 0.2) is 30.0 Å². The molecule has 1 aromatic rings. The van der Waals surface area contributed by atoms with E-state index in [1.54, 1.807) is 24.3 Å². The molecule has 3 heterocycles. The summed E-state index contributed by atoms with van der Waals surface area (Å²) in [4.78, 5) is 43.9. The molecule has 0 spiro atoms. The van der Waals surface area contributed by atoms with E-state index in [-0.39, 0.29) is 23.8 Å². The van der Waals surface area contributed by atoms with Crippen LogP contribution in [0.3, 0.4) is 0 Å². The maximum Gasteiger partial charge on any atom is 0.277 e. The van der Waals surface area contributed by atoms with Gasteiger partial charge in [-0.3, -0.25) is 19.3 Å². The average molecular weight is 427 g/mol. The molecule has 3 aliphatic rings. The monoisotopic (exact) mass is 426 g/mol. The van der Waals surface area contributed by atoms with Crippen LogP contribution < -0.4 is 5.32 Å². The van der Waals surface area contributed by atoms with E-state index in [9.17, 15) is 14.4 Å². The van der Waals surface area contributed by atoms with E-state index in [2.05, 4.69) is 22.0 Å². The molecule has 2 fully saturated rings. The van der Waals surface area contributed by atoms with Gasteiger partial charge < -0.3 is 19.9 Å². The van der Waals surface area contributed by atoms with Gasteiger partial charge in [-0.2, -0.15) is 0 Å². The summed E-state index contributed by atoms with van der Waals surface area (Å²) in [6.45, 7) is 8.68. The molecule has 8 heteroatoms. The number of anilines is 1. The Hall–Kier alpha value is -2.71. The molecule has 3 aliphatic heterocycles.